The molecule has 9 heteroatoms. The van der Waals surface area contributed by atoms with Crippen molar-refractivity contribution in [3.63, 3.8) is 0 Å². The van der Waals surface area contributed by atoms with Crippen LogP contribution < -0.4 is 10.9 Å². The second-order valence-electron chi connectivity index (χ2n) is 10.0. The van der Waals surface area contributed by atoms with Crippen LogP contribution in [-0.4, -0.2) is 25.4 Å². The maximum Gasteiger partial charge on any atom is 0.356 e. The van der Waals surface area contributed by atoms with E-state index < -0.39 is 5.97 Å². The van der Waals surface area contributed by atoms with E-state index in [0.29, 0.717) is 11.3 Å². The Hall–Kier alpha value is -3.44. The molecule has 3 saturated carbocycles. The average molecular weight is 492 g/mol. The molecule has 35 heavy (non-hydrogen) atoms. The second-order valence-corrected chi connectivity index (χ2v) is 10.4. The number of rotatable bonds is 5. The van der Waals surface area contributed by atoms with Crippen LogP contribution in [0.3, 0.4) is 0 Å². The van der Waals surface area contributed by atoms with E-state index >= 15 is 0 Å². The number of carboxylic acids is 1. The van der Waals surface area contributed by atoms with E-state index in [9.17, 15) is 20.0 Å². The lowest BCUT2D eigenvalue weighted by atomic mass is 9.53. The summed E-state index contributed by atoms with van der Waals surface area (Å²) in [5, 5.41) is 22.5. The minimum absolute atomic E-state index is 0.0964. The zero-order valence-electron chi connectivity index (χ0n) is 19.6. The first-order valence-electron chi connectivity index (χ1n) is 11.8. The molecule has 0 aliphatic heterocycles. The Morgan fingerprint density at radius 2 is 1.89 bits per heavy atom. The first kappa shape index (κ1) is 23.3. The van der Waals surface area contributed by atoms with Crippen LogP contribution in [0.25, 0.3) is 5.65 Å². The van der Waals surface area contributed by atoms with Crippen molar-refractivity contribution < 1.29 is 9.90 Å². The van der Waals surface area contributed by atoms with E-state index in [1.165, 1.54) is 6.07 Å². The normalized spacial score (nSPS) is 24.2. The fraction of sp³-hybridized carbons (Fsp3) is 0.423. The Balaban J connectivity index is 1.58. The Morgan fingerprint density at radius 1 is 1.20 bits per heavy atom. The number of carboxylic acid groups (broad SMARTS) is 1. The van der Waals surface area contributed by atoms with Crippen LogP contribution in [-0.2, 0) is 5.41 Å². The third kappa shape index (κ3) is 3.94. The van der Waals surface area contributed by atoms with Gasteiger partial charge in [0.05, 0.1) is 28.9 Å². The van der Waals surface area contributed by atoms with Gasteiger partial charge in [-0.2, -0.15) is 5.26 Å². The Labute approximate surface area is 207 Å². The Bertz CT molecular complexity index is 1430. The summed E-state index contributed by atoms with van der Waals surface area (Å²) in [6.07, 6.45) is 6.86. The van der Waals surface area contributed by atoms with Gasteiger partial charge in [0.25, 0.3) is 5.56 Å². The molecule has 3 heterocycles. The van der Waals surface area contributed by atoms with Gasteiger partial charge in [0.15, 0.2) is 5.69 Å². The summed E-state index contributed by atoms with van der Waals surface area (Å²) in [7, 11) is 0. The molecule has 3 aromatic rings. The molecular weight excluding hydrogens is 466 g/mol. The number of nitrogens with one attached hydrogen (secondary N) is 1. The van der Waals surface area contributed by atoms with E-state index in [1.807, 2.05) is 19.9 Å². The van der Waals surface area contributed by atoms with Gasteiger partial charge in [0.2, 0.25) is 0 Å². The summed E-state index contributed by atoms with van der Waals surface area (Å²) in [5.74, 6) is -1.19. The van der Waals surface area contributed by atoms with Crippen LogP contribution in [0.15, 0.2) is 35.3 Å². The molecule has 8 nitrogen and oxygen atoms in total. The van der Waals surface area contributed by atoms with Crippen LogP contribution >= 0.6 is 11.6 Å². The maximum absolute atomic E-state index is 13.2. The van der Waals surface area contributed by atoms with Crippen molar-refractivity contribution in [3.05, 3.63) is 68.5 Å². The number of carbonyl (C=O) groups is 1. The molecule has 0 unspecified atom stereocenters. The summed E-state index contributed by atoms with van der Waals surface area (Å²) in [4.78, 5) is 33.9. The van der Waals surface area contributed by atoms with Crippen molar-refractivity contribution in [2.45, 2.75) is 63.8 Å². The van der Waals surface area contributed by atoms with Crippen molar-refractivity contribution in [1.82, 2.24) is 14.4 Å². The lowest BCUT2D eigenvalue weighted by Crippen LogP contribution is -2.44. The van der Waals surface area contributed by atoms with Crippen LogP contribution in [0, 0.1) is 23.7 Å². The van der Waals surface area contributed by atoms with Crippen LogP contribution in [0.1, 0.15) is 78.8 Å². The number of nitrogens with zero attached hydrogens (tertiary/aromatic N) is 4. The van der Waals surface area contributed by atoms with E-state index in [1.54, 1.807) is 22.7 Å². The summed E-state index contributed by atoms with van der Waals surface area (Å²) in [5.41, 5.74) is 2.64. The first-order chi connectivity index (χ1) is 16.7. The molecule has 0 amide bonds. The summed E-state index contributed by atoms with van der Waals surface area (Å²) < 4.78 is 1.56. The number of halogens is 1. The van der Waals surface area contributed by atoms with Crippen molar-refractivity contribution in [2.24, 2.45) is 5.41 Å². The molecule has 3 aromatic heterocycles. The number of anilines is 1. The van der Waals surface area contributed by atoms with Gasteiger partial charge in [0.1, 0.15) is 10.8 Å². The predicted octanol–water partition coefficient (Wildman–Crippen LogP) is 5.04. The molecular formula is C26H26ClN5O3. The Kier molecular flexibility index (Phi) is 5.56. The molecule has 3 aliphatic carbocycles. The molecule has 6 rings (SSSR count). The number of aromatic carboxylic acids is 1. The number of nitriles is 1. The number of aromatic nitrogens is 3. The standard InChI is InChI=1S/C26H26ClN5O3/c1-15-11-17(16(2)29-18-3-4-20(27)31-22(18)24(34)35)23-30-19(12-21(33)32(23)13-15)26-8-5-25(14-28,6-9-26)7-10-26/h3-4,11-13,16,29H,5-10H2,1-2H3,(H,34,35)/t16-,25?,26?/m1/s1. The van der Waals surface area contributed by atoms with Crippen molar-refractivity contribution in [3.8, 4) is 6.07 Å². The molecule has 0 spiro atoms. The zero-order valence-corrected chi connectivity index (χ0v) is 20.4. The van der Waals surface area contributed by atoms with Crippen LogP contribution in [0.5, 0.6) is 0 Å². The highest BCUT2D eigenvalue weighted by molar-refractivity contribution is 6.29. The Morgan fingerprint density at radius 3 is 2.51 bits per heavy atom. The maximum atomic E-state index is 13.2. The minimum Gasteiger partial charge on any atom is -0.476 e. The van der Waals surface area contributed by atoms with Crippen LogP contribution in [0.4, 0.5) is 5.69 Å². The number of fused-ring (bicyclic) bond motifs is 4. The molecule has 3 aliphatic rings. The van der Waals surface area contributed by atoms with Gasteiger partial charge in [0, 0.05) is 23.2 Å². The van der Waals surface area contributed by atoms with Gasteiger partial charge >= 0.3 is 5.97 Å². The fourth-order valence-corrected chi connectivity index (χ4v) is 5.87. The van der Waals surface area contributed by atoms with Gasteiger partial charge in [-0.1, -0.05) is 11.6 Å². The minimum atomic E-state index is -1.19. The smallest absolute Gasteiger partial charge is 0.356 e. The first-order valence-corrected chi connectivity index (χ1v) is 12.2. The number of pyridine rings is 2. The lowest BCUT2D eigenvalue weighted by Gasteiger charge is -2.50. The van der Waals surface area contributed by atoms with Gasteiger partial charge < -0.3 is 10.4 Å². The monoisotopic (exact) mass is 491 g/mol. The highest BCUT2D eigenvalue weighted by atomic mass is 35.5. The largest absolute Gasteiger partial charge is 0.476 e. The summed E-state index contributed by atoms with van der Waals surface area (Å²) >= 11 is 5.90. The van der Waals surface area contributed by atoms with Crippen molar-refractivity contribution >= 4 is 28.9 Å². The predicted molar refractivity (Wildman–Crippen MR) is 132 cm³/mol. The highest BCUT2D eigenvalue weighted by Crippen LogP contribution is 2.57. The molecule has 3 fully saturated rings. The molecule has 2 bridgehead atoms. The van der Waals surface area contributed by atoms with E-state index in [4.69, 9.17) is 16.6 Å². The van der Waals surface area contributed by atoms with Gasteiger partial charge in [-0.3, -0.25) is 9.20 Å². The molecule has 0 radical (unpaired) electrons. The molecule has 0 aromatic carbocycles. The molecule has 180 valence electrons. The van der Waals surface area contributed by atoms with Gasteiger partial charge in [-0.25, -0.2) is 14.8 Å². The van der Waals surface area contributed by atoms with Crippen molar-refractivity contribution in [1.29, 1.82) is 5.26 Å². The van der Waals surface area contributed by atoms with Gasteiger partial charge in [-0.05, 0) is 76.1 Å². The SMILES string of the molecule is Cc1cc([C@@H](C)Nc2ccc(Cl)nc2C(=O)O)c2nc(C34CCC(C#N)(CC3)CC4)cc(=O)n2c1. The highest BCUT2D eigenvalue weighted by Gasteiger charge is 2.50. The molecule has 0 saturated heterocycles. The summed E-state index contributed by atoms with van der Waals surface area (Å²) in [6.45, 7) is 3.81. The lowest BCUT2D eigenvalue weighted by molar-refractivity contribution is 0.0691. The molecule has 2 N–H and O–H groups in total. The van der Waals surface area contributed by atoms with E-state index in [-0.39, 0.29) is 33.3 Å². The number of hydrogen-bond acceptors (Lipinski definition) is 6. The average Bonchev–Trinajstić information content (AvgIpc) is 2.86. The third-order valence-electron chi connectivity index (χ3n) is 7.86. The quantitative estimate of drug-likeness (QED) is 0.479. The van der Waals surface area contributed by atoms with E-state index in [0.717, 1.165) is 55.3 Å². The fourth-order valence-electron chi connectivity index (χ4n) is 5.72. The molecule has 1 atom stereocenters. The van der Waals surface area contributed by atoms with E-state index in [2.05, 4.69) is 16.4 Å². The van der Waals surface area contributed by atoms with Crippen molar-refractivity contribution in [2.75, 3.05) is 5.32 Å². The summed E-state index contributed by atoms with van der Waals surface area (Å²) in [6, 6.07) is 8.91. The van der Waals surface area contributed by atoms with Crippen LogP contribution in [0.2, 0.25) is 5.15 Å². The topological polar surface area (TPSA) is 120 Å². The number of hydrogen-bond donors (Lipinski definition) is 2. The van der Waals surface area contributed by atoms with Gasteiger partial charge in [-0.15, -0.1) is 0 Å². The number of aryl methyl sites for hydroxylation is 1. The third-order valence-corrected chi connectivity index (χ3v) is 8.07. The second kappa shape index (κ2) is 8.35. The zero-order chi connectivity index (χ0) is 25.0.